The van der Waals surface area contributed by atoms with Crippen molar-refractivity contribution >= 4 is 23.5 Å². The van der Waals surface area contributed by atoms with E-state index in [2.05, 4.69) is 15.4 Å². The SMILES string of the molecule is CC(C)CN(NC(=O)OC(C)(C)C)c1ccnc(Cl)n1. The van der Waals surface area contributed by atoms with E-state index in [-0.39, 0.29) is 5.28 Å². The molecule has 0 saturated heterocycles. The van der Waals surface area contributed by atoms with Crippen LogP contribution < -0.4 is 10.4 Å². The molecule has 112 valence electrons. The lowest BCUT2D eigenvalue weighted by Gasteiger charge is -2.28. The molecule has 0 aliphatic rings. The van der Waals surface area contributed by atoms with Crippen LogP contribution in [0.1, 0.15) is 34.6 Å². The normalized spacial score (nSPS) is 11.3. The zero-order chi connectivity index (χ0) is 15.3. The van der Waals surface area contributed by atoms with Crippen LogP contribution in [0.3, 0.4) is 0 Å². The minimum atomic E-state index is -0.559. The van der Waals surface area contributed by atoms with E-state index in [0.717, 1.165) is 0 Å². The van der Waals surface area contributed by atoms with Gasteiger partial charge in [0, 0.05) is 18.8 Å². The number of rotatable bonds is 4. The Kier molecular flexibility index (Phi) is 5.56. The van der Waals surface area contributed by atoms with Crippen LogP contribution in [0.5, 0.6) is 0 Å². The monoisotopic (exact) mass is 300 g/mol. The summed E-state index contributed by atoms with van der Waals surface area (Å²) in [5.41, 5.74) is 2.11. The summed E-state index contributed by atoms with van der Waals surface area (Å²) in [6.07, 6.45) is 1.00. The van der Waals surface area contributed by atoms with Gasteiger partial charge in [-0.05, 0) is 38.3 Å². The molecule has 0 atom stereocenters. The second-order valence-corrected chi connectivity index (χ2v) is 6.14. The van der Waals surface area contributed by atoms with Crippen molar-refractivity contribution in [1.29, 1.82) is 0 Å². The summed E-state index contributed by atoms with van der Waals surface area (Å²) < 4.78 is 5.23. The van der Waals surface area contributed by atoms with E-state index in [1.165, 1.54) is 6.20 Å². The second kappa shape index (κ2) is 6.74. The topological polar surface area (TPSA) is 67.4 Å². The molecule has 1 rings (SSSR count). The Morgan fingerprint density at radius 1 is 1.50 bits per heavy atom. The molecular formula is C13H21ClN4O2. The first kappa shape index (κ1) is 16.5. The summed E-state index contributed by atoms with van der Waals surface area (Å²) in [5, 5.41) is 1.73. The predicted octanol–water partition coefficient (Wildman–Crippen LogP) is 3.03. The van der Waals surface area contributed by atoms with Crippen LogP contribution in [0, 0.1) is 5.92 Å². The molecule has 1 aromatic heterocycles. The van der Waals surface area contributed by atoms with Gasteiger partial charge in [0.05, 0.1) is 0 Å². The number of aromatic nitrogens is 2. The third kappa shape index (κ3) is 6.06. The van der Waals surface area contributed by atoms with Crippen LogP contribution in [-0.4, -0.2) is 28.2 Å². The average molecular weight is 301 g/mol. The van der Waals surface area contributed by atoms with Gasteiger partial charge in [-0.2, -0.15) is 4.98 Å². The lowest BCUT2D eigenvalue weighted by atomic mass is 10.2. The lowest BCUT2D eigenvalue weighted by molar-refractivity contribution is 0.0519. The highest BCUT2D eigenvalue weighted by Gasteiger charge is 2.20. The molecule has 0 unspecified atom stereocenters. The van der Waals surface area contributed by atoms with Crippen LogP contribution in [0.25, 0.3) is 0 Å². The first-order valence-electron chi connectivity index (χ1n) is 6.43. The van der Waals surface area contributed by atoms with Crippen molar-refractivity contribution in [2.45, 2.75) is 40.2 Å². The van der Waals surface area contributed by atoms with E-state index < -0.39 is 11.7 Å². The number of carbonyl (C=O) groups excluding carboxylic acids is 1. The second-order valence-electron chi connectivity index (χ2n) is 5.80. The van der Waals surface area contributed by atoms with Crippen LogP contribution >= 0.6 is 11.6 Å². The maximum Gasteiger partial charge on any atom is 0.426 e. The fourth-order valence-electron chi connectivity index (χ4n) is 1.45. The molecule has 0 aliphatic carbocycles. The van der Waals surface area contributed by atoms with Gasteiger partial charge >= 0.3 is 6.09 Å². The minimum absolute atomic E-state index is 0.127. The van der Waals surface area contributed by atoms with Gasteiger partial charge in [-0.25, -0.2) is 15.2 Å². The third-order valence-corrected chi connectivity index (χ3v) is 2.24. The number of nitrogens with zero attached hydrogens (tertiary/aromatic N) is 3. The van der Waals surface area contributed by atoms with E-state index in [4.69, 9.17) is 16.3 Å². The van der Waals surface area contributed by atoms with Gasteiger partial charge in [-0.15, -0.1) is 0 Å². The zero-order valence-corrected chi connectivity index (χ0v) is 13.2. The Labute approximate surface area is 124 Å². The average Bonchev–Trinajstić information content (AvgIpc) is 2.24. The molecule has 1 aromatic rings. The van der Waals surface area contributed by atoms with Crippen molar-refractivity contribution in [3.63, 3.8) is 0 Å². The van der Waals surface area contributed by atoms with Gasteiger partial charge in [0.2, 0.25) is 5.28 Å². The van der Waals surface area contributed by atoms with E-state index in [1.807, 2.05) is 13.8 Å². The minimum Gasteiger partial charge on any atom is -0.443 e. The van der Waals surface area contributed by atoms with Crippen LogP contribution in [0.4, 0.5) is 10.6 Å². The summed E-state index contributed by atoms with van der Waals surface area (Å²) in [6, 6.07) is 1.67. The Bertz CT molecular complexity index is 460. The fourth-order valence-corrected chi connectivity index (χ4v) is 1.59. The summed E-state index contributed by atoms with van der Waals surface area (Å²) in [6.45, 7) is 10.1. The Morgan fingerprint density at radius 2 is 2.15 bits per heavy atom. The molecule has 0 bridgehead atoms. The highest BCUT2D eigenvalue weighted by atomic mass is 35.5. The molecule has 0 spiro atoms. The van der Waals surface area contributed by atoms with E-state index >= 15 is 0 Å². The Hall–Kier alpha value is -1.56. The summed E-state index contributed by atoms with van der Waals surface area (Å²) >= 11 is 5.78. The molecule has 1 heterocycles. The van der Waals surface area contributed by atoms with Gasteiger partial charge in [0.1, 0.15) is 5.60 Å². The summed E-state index contributed by atoms with van der Waals surface area (Å²) in [5.74, 6) is 0.836. The Morgan fingerprint density at radius 3 is 2.65 bits per heavy atom. The van der Waals surface area contributed by atoms with Gasteiger partial charge in [0.25, 0.3) is 0 Å². The molecule has 0 aromatic carbocycles. The Balaban J connectivity index is 2.82. The maximum atomic E-state index is 11.9. The highest BCUT2D eigenvalue weighted by molar-refractivity contribution is 6.28. The van der Waals surface area contributed by atoms with Crippen LogP contribution in [0.2, 0.25) is 5.28 Å². The first-order chi connectivity index (χ1) is 9.17. The number of carbonyl (C=O) groups is 1. The molecule has 6 nitrogen and oxygen atoms in total. The number of anilines is 1. The van der Waals surface area contributed by atoms with Gasteiger partial charge in [-0.1, -0.05) is 13.8 Å². The standard InChI is InChI=1S/C13H21ClN4O2/c1-9(2)8-18(10-6-7-15-11(14)16-10)17-12(19)20-13(3,4)5/h6-7,9H,8H2,1-5H3,(H,17,19). The molecule has 0 fully saturated rings. The van der Waals surface area contributed by atoms with E-state index in [9.17, 15) is 4.79 Å². The van der Waals surface area contributed by atoms with Gasteiger partial charge in [0.15, 0.2) is 5.82 Å². The quantitative estimate of drug-likeness (QED) is 0.684. The number of nitrogens with one attached hydrogen (secondary N) is 1. The smallest absolute Gasteiger partial charge is 0.426 e. The van der Waals surface area contributed by atoms with E-state index in [1.54, 1.807) is 31.8 Å². The number of amides is 1. The van der Waals surface area contributed by atoms with Crippen molar-refractivity contribution in [2.24, 2.45) is 5.92 Å². The molecule has 7 heteroatoms. The van der Waals surface area contributed by atoms with Crippen LogP contribution in [-0.2, 0) is 4.74 Å². The maximum absolute atomic E-state index is 11.9. The van der Waals surface area contributed by atoms with Crippen molar-refractivity contribution < 1.29 is 9.53 Å². The predicted molar refractivity (Wildman–Crippen MR) is 78.6 cm³/mol. The fraction of sp³-hybridized carbons (Fsp3) is 0.615. The van der Waals surface area contributed by atoms with Gasteiger partial charge < -0.3 is 4.74 Å². The summed E-state index contributed by atoms with van der Waals surface area (Å²) in [4.78, 5) is 19.8. The molecule has 0 saturated carbocycles. The zero-order valence-electron chi connectivity index (χ0n) is 12.5. The molecule has 1 amide bonds. The largest absolute Gasteiger partial charge is 0.443 e. The van der Waals surface area contributed by atoms with Gasteiger partial charge in [-0.3, -0.25) is 5.01 Å². The molecular weight excluding hydrogens is 280 g/mol. The van der Waals surface area contributed by atoms with Crippen molar-refractivity contribution in [2.75, 3.05) is 11.6 Å². The number of hydrazine groups is 1. The third-order valence-electron chi connectivity index (χ3n) is 2.06. The lowest BCUT2D eigenvalue weighted by Crippen LogP contribution is -2.47. The van der Waals surface area contributed by atoms with Crippen molar-refractivity contribution in [1.82, 2.24) is 15.4 Å². The molecule has 20 heavy (non-hydrogen) atoms. The first-order valence-corrected chi connectivity index (χ1v) is 6.81. The van der Waals surface area contributed by atoms with E-state index in [0.29, 0.717) is 18.3 Å². The van der Waals surface area contributed by atoms with Crippen molar-refractivity contribution in [3.05, 3.63) is 17.5 Å². The number of hydrogen-bond acceptors (Lipinski definition) is 5. The summed E-state index contributed by atoms with van der Waals surface area (Å²) in [7, 11) is 0. The molecule has 1 N–H and O–H groups in total. The highest BCUT2D eigenvalue weighted by Crippen LogP contribution is 2.13. The van der Waals surface area contributed by atoms with Crippen molar-refractivity contribution in [3.8, 4) is 0 Å². The number of halogens is 1. The molecule has 0 radical (unpaired) electrons. The van der Waals surface area contributed by atoms with Crippen LogP contribution in [0.15, 0.2) is 12.3 Å². The molecule has 0 aliphatic heterocycles. The number of ether oxygens (including phenoxy) is 1. The number of hydrogen-bond donors (Lipinski definition) is 1.